The topological polar surface area (TPSA) is 154 Å². The predicted molar refractivity (Wildman–Crippen MR) is 143 cm³/mol. The van der Waals surface area contributed by atoms with Gasteiger partial charge in [-0.25, -0.2) is 18.4 Å². The lowest BCUT2D eigenvalue weighted by molar-refractivity contribution is -0.138. The minimum atomic E-state index is -4.77. The van der Waals surface area contributed by atoms with Crippen molar-refractivity contribution >= 4 is 33.5 Å². The van der Waals surface area contributed by atoms with Crippen LogP contribution in [0.25, 0.3) is 0 Å². The number of carboxylic acids is 1. The molecule has 15 heteroatoms. The maximum atomic E-state index is 13.8. The zero-order valence-corrected chi connectivity index (χ0v) is 22.3. The lowest BCUT2D eigenvalue weighted by Crippen LogP contribution is -2.49. The molecule has 4 rings (SSSR count). The second kappa shape index (κ2) is 12.5. The Morgan fingerprint density at radius 1 is 1.02 bits per heavy atom. The van der Waals surface area contributed by atoms with Gasteiger partial charge in [0.25, 0.3) is 5.91 Å². The number of sulfonamides is 1. The third kappa shape index (κ3) is 8.14. The second-order valence-corrected chi connectivity index (χ2v) is 11.0. The number of rotatable bonds is 10. The molecule has 1 atom stereocenters. The molecule has 2 aromatic carbocycles. The monoisotopic (exact) mass is 592 g/mol. The van der Waals surface area contributed by atoms with Gasteiger partial charge in [-0.15, -0.1) is 0 Å². The highest BCUT2D eigenvalue weighted by Gasteiger charge is 2.33. The van der Waals surface area contributed by atoms with E-state index in [1.54, 1.807) is 29.4 Å². The molecule has 0 saturated carbocycles. The maximum absolute atomic E-state index is 13.8. The molecule has 1 aliphatic rings. The number of aromatic nitrogens is 2. The van der Waals surface area contributed by atoms with Gasteiger partial charge in [0.1, 0.15) is 6.17 Å². The minimum absolute atomic E-state index is 0.00312. The van der Waals surface area contributed by atoms with E-state index in [1.165, 1.54) is 30.3 Å². The first-order valence-corrected chi connectivity index (χ1v) is 14.0. The van der Waals surface area contributed by atoms with Crippen LogP contribution >= 0.6 is 0 Å². The average molecular weight is 593 g/mol. The number of nitrogens with one attached hydrogen (secondary N) is 3. The molecule has 1 aromatic heterocycles. The number of carbonyl (C=O) groups excluding carboxylic acids is 1. The van der Waals surface area contributed by atoms with E-state index in [1.807, 2.05) is 0 Å². The van der Waals surface area contributed by atoms with Gasteiger partial charge in [0.05, 0.1) is 16.9 Å². The predicted octanol–water partition coefficient (Wildman–Crippen LogP) is 3.09. The van der Waals surface area contributed by atoms with Crippen molar-refractivity contribution < 1.29 is 36.3 Å². The molecule has 1 aliphatic heterocycles. The van der Waals surface area contributed by atoms with Crippen molar-refractivity contribution in [3.05, 3.63) is 78.1 Å². The van der Waals surface area contributed by atoms with Gasteiger partial charge in [0, 0.05) is 42.8 Å². The molecule has 1 unspecified atom stereocenters. The summed E-state index contributed by atoms with van der Waals surface area (Å²) >= 11 is 0. The Morgan fingerprint density at radius 3 is 2.29 bits per heavy atom. The molecule has 0 spiro atoms. The number of piperidine rings is 1. The Hall–Kier alpha value is -4.24. The molecule has 3 aromatic rings. The Morgan fingerprint density at radius 2 is 1.68 bits per heavy atom. The van der Waals surface area contributed by atoms with Gasteiger partial charge in [-0.2, -0.15) is 17.9 Å². The van der Waals surface area contributed by atoms with Gasteiger partial charge in [0.2, 0.25) is 16.0 Å². The minimum Gasteiger partial charge on any atom is -0.481 e. The molecule has 1 saturated heterocycles. The fourth-order valence-corrected chi connectivity index (χ4v) is 5.49. The highest BCUT2D eigenvalue weighted by atomic mass is 32.2. The first-order chi connectivity index (χ1) is 19.4. The molecule has 2 heterocycles. The number of hydrogen-bond acceptors (Lipinski definition) is 8. The van der Waals surface area contributed by atoms with Gasteiger partial charge in [-0.1, -0.05) is 18.2 Å². The Labute approximate surface area is 233 Å². The molecular formula is C26H27F3N6O5S. The average Bonchev–Trinajstić information content (AvgIpc) is 2.93. The summed E-state index contributed by atoms with van der Waals surface area (Å²) in [6.45, 7) is 0.761. The molecule has 0 radical (unpaired) electrons. The second-order valence-electron chi connectivity index (χ2n) is 9.30. The van der Waals surface area contributed by atoms with E-state index in [4.69, 9.17) is 0 Å². The molecule has 41 heavy (non-hydrogen) atoms. The lowest BCUT2D eigenvalue weighted by Gasteiger charge is -2.34. The van der Waals surface area contributed by atoms with Crippen LogP contribution in [0.3, 0.4) is 0 Å². The third-order valence-electron chi connectivity index (χ3n) is 6.30. The van der Waals surface area contributed by atoms with E-state index in [0.29, 0.717) is 37.9 Å². The maximum Gasteiger partial charge on any atom is 0.416 e. The van der Waals surface area contributed by atoms with Gasteiger partial charge in [0.15, 0.2) is 0 Å². The number of aliphatic carboxylic acids is 1. The summed E-state index contributed by atoms with van der Waals surface area (Å²) in [4.78, 5) is 34.2. The molecule has 11 nitrogen and oxygen atoms in total. The van der Waals surface area contributed by atoms with Crippen molar-refractivity contribution in [2.75, 3.05) is 23.3 Å². The van der Waals surface area contributed by atoms with Crippen LogP contribution in [0.2, 0.25) is 0 Å². The fraction of sp³-hybridized carbons (Fsp3) is 0.308. The van der Waals surface area contributed by atoms with E-state index in [0.717, 1.165) is 6.07 Å². The summed E-state index contributed by atoms with van der Waals surface area (Å²) in [5.74, 6) is -2.06. The number of carboxylic acid groups (broad SMARTS) is 1. The summed E-state index contributed by atoms with van der Waals surface area (Å²) in [7, 11) is -4.25. The van der Waals surface area contributed by atoms with Crippen molar-refractivity contribution in [1.82, 2.24) is 20.0 Å². The smallest absolute Gasteiger partial charge is 0.416 e. The number of benzene rings is 2. The van der Waals surface area contributed by atoms with Crippen LogP contribution in [0.15, 0.2) is 71.9 Å². The summed E-state index contributed by atoms with van der Waals surface area (Å²) in [5, 5.41) is 14.7. The van der Waals surface area contributed by atoms with Crippen molar-refractivity contribution in [3.8, 4) is 0 Å². The molecule has 0 aliphatic carbocycles. The number of hydrogen-bond donors (Lipinski definition) is 4. The van der Waals surface area contributed by atoms with Crippen molar-refractivity contribution in [1.29, 1.82) is 0 Å². The zero-order valence-electron chi connectivity index (χ0n) is 21.5. The highest BCUT2D eigenvalue weighted by Crippen LogP contribution is 2.34. The van der Waals surface area contributed by atoms with Crippen LogP contribution < -0.4 is 20.3 Å². The van der Waals surface area contributed by atoms with Gasteiger partial charge in [-0.05, 0) is 49.2 Å². The quantitative estimate of drug-likeness (QED) is 0.260. The number of anilines is 2. The first-order valence-electron chi connectivity index (χ1n) is 12.5. The Balaban J connectivity index is 1.52. The van der Waals surface area contributed by atoms with Crippen LogP contribution in [0.5, 0.6) is 0 Å². The molecule has 218 valence electrons. The Kier molecular flexibility index (Phi) is 9.08. The molecule has 4 N–H and O–H groups in total. The van der Waals surface area contributed by atoms with Crippen LogP contribution in [0.1, 0.15) is 35.2 Å². The number of nitrogens with zero attached hydrogens (tertiary/aromatic N) is 3. The molecule has 0 bridgehead atoms. The number of alkyl halides is 3. The van der Waals surface area contributed by atoms with Crippen LogP contribution in [0.4, 0.5) is 24.8 Å². The summed E-state index contributed by atoms with van der Waals surface area (Å²) < 4.78 is 68.9. The van der Waals surface area contributed by atoms with Crippen LogP contribution in [0, 0.1) is 0 Å². The molecular weight excluding hydrogens is 565 g/mol. The van der Waals surface area contributed by atoms with E-state index in [2.05, 4.69) is 25.3 Å². The van der Waals surface area contributed by atoms with Gasteiger partial charge < -0.3 is 20.6 Å². The summed E-state index contributed by atoms with van der Waals surface area (Å²) in [5.41, 5.74) is -1.32. The summed E-state index contributed by atoms with van der Waals surface area (Å²) in [6, 6.07) is 11.6. The number of amides is 1. The van der Waals surface area contributed by atoms with Crippen molar-refractivity contribution in [2.24, 2.45) is 0 Å². The normalized spacial score (nSPS) is 15.2. The first kappa shape index (κ1) is 29.7. The Bertz CT molecular complexity index is 1470. The van der Waals surface area contributed by atoms with Crippen molar-refractivity contribution in [2.45, 2.75) is 42.5 Å². The highest BCUT2D eigenvalue weighted by molar-refractivity contribution is 7.89. The van der Waals surface area contributed by atoms with Crippen LogP contribution in [-0.2, 0) is 21.0 Å². The van der Waals surface area contributed by atoms with Gasteiger partial charge in [-0.3, -0.25) is 9.59 Å². The standard InChI is InChI=1S/C26H27F3N6O5S/c27-26(28,29)18-13-17(14-20(15-18)35-11-7-19(8-12-35)32-25-30-9-4-10-31-25)24(38)33-22(16-23(36)37)34-41(39,40)21-5-2-1-3-6-21/h1-6,9-10,13-15,19,22,34H,7-8,11-12,16H2,(H,33,38)(H,36,37)(H,30,31,32). The third-order valence-corrected chi connectivity index (χ3v) is 7.79. The van der Waals surface area contributed by atoms with E-state index in [9.17, 15) is 36.3 Å². The van der Waals surface area contributed by atoms with E-state index in [-0.39, 0.29) is 16.6 Å². The molecule has 1 fully saturated rings. The number of halogens is 3. The van der Waals surface area contributed by atoms with Gasteiger partial charge >= 0.3 is 12.1 Å². The SMILES string of the molecule is O=C(O)CC(NC(=O)c1cc(N2CCC(Nc3ncccn3)CC2)cc(C(F)(F)F)c1)NS(=O)(=O)c1ccccc1. The van der Waals surface area contributed by atoms with Crippen molar-refractivity contribution in [3.63, 3.8) is 0 Å². The zero-order chi connectivity index (χ0) is 29.6. The van der Waals surface area contributed by atoms with E-state index >= 15 is 0 Å². The largest absolute Gasteiger partial charge is 0.481 e. The van der Waals surface area contributed by atoms with Crippen LogP contribution in [-0.4, -0.2) is 60.7 Å². The molecule has 1 amide bonds. The fourth-order valence-electron chi connectivity index (χ4n) is 4.32. The van der Waals surface area contributed by atoms with E-state index < -0.39 is 51.8 Å². The summed E-state index contributed by atoms with van der Waals surface area (Å²) in [6.07, 6.45) is -2.94. The number of carbonyl (C=O) groups is 2. The lowest BCUT2D eigenvalue weighted by atomic mass is 10.0.